The highest BCUT2D eigenvalue weighted by Crippen LogP contribution is 2.26. The fraction of sp³-hybridized carbons (Fsp3) is 0.167. The zero-order chi connectivity index (χ0) is 16.3. The van der Waals surface area contributed by atoms with E-state index in [2.05, 4.69) is 10.4 Å². The largest absolute Gasteiger partial charge is 0.502 e. The van der Waals surface area contributed by atoms with Crippen molar-refractivity contribution >= 4 is 17.3 Å². The fourth-order valence-corrected chi connectivity index (χ4v) is 1.69. The minimum Gasteiger partial charge on any atom is -0.502 e. The number of carbonyl (C=O) groups excluding carboxylic acids is 1. The maximum atomic E-state index is 12.2. The first-order valence-electron chi connectivity index (χ1n) is 5.96. The summed E-state index contributed by atoms with van der Waals surface area (Å²) in [6.07, 6.45) is -0.170. The molecule has 0 aliphatic carbocycles. The van der Waals surface area contributed by atoms with Gasteiger partial charge in [0.1, 0.15) is 6.54 Å². The number of aromatic nitrogens is 2. The number of rotatable bonds is 5. The van der Waals surface area contributed by atoms with Crippen LogP contribution in [0.3, 0.4) is 0 Å². The lowest BCUT2D eigenvalue weighted by molar-refractivity contribution is -0.385. The van der Waals surface area contributed by atoms with Crippen molar-refractivity contribution in [2.24, 2.45) is 0 Å². The van der Waals surface area contributed by atoms with Crippen molar-refractivity contribution in [3.8, 4) is 5.75 Å². The van der Waals surface area contributed by atoms with Crippen molar-refractivity contribution in [2.45, 2.75) is 13.0 Å². The summed E-state index contributed by atoms with van der Waals surface area (Å²) in [5.41, 5.74) is -0.366. The molecule has 0 spiro atoms. The number of phenols is 1. The molecule has 8 nitrogen and oxygen atoms in total. The molecule has 2 N–H and O–H groups in total. The number of hydrogen-bond donors (Lipinski definition) is 2. The molecular weight excluding hydrogens is 302 g/mol. The SMILES string of the molecule is O=C(Nc1cnn(CC(F)F)c1)c1ccc([N+](=O)[O-])c(O)c1. The first-order chi connectivity index (χ1) is 10.4. The Morgan fingerprint density at radius 2 is 2.23 bits per heavy atom. The molecule has 0 saturated carbocycles. The van der Waals surface area contributed by atoms with Crippen molar-refractivity contribution in [2.75, 3.05) is 5.32 Å². The second-order valence-corrected chi connectivity index (χ2v) is 4.26. The Bertz CT molecular complexity index is 717. The second-order valence-electron chi connectivity index (χ2n) is 4.26. The number of aromatic hydroxyl groups is 1. The molecule has 0 fully saturated rings. The Morgan fingerprint density at radius 1 is 1.50 bits per heavy atom. The minimum absolute atomic E-state index is 0.0234. The summed E-state index contributed by atoms with van der Waals surface area (Å²) in [6.45, 7) is -0.603. The van der Waals surface area contributed by atoms with E-state index in [0.29, 0.717) is 0 Å². The monoisotopic (exact) mass is 312 g/mol. The van der Waals surface area contributed by atoms with Crippen molar-refractivity contribution in [3.05, 3.63) is 46.3 Å². The molecule has 2 aromatic rings. The molecule has 10 heteroatoms. The number of amides is 1. The van der Waals surface area contributed by atoms with Crippen LogP contribution in [0.15, 0.2) is 30.6 Å². The number of nitro benzene ring substituents is 1. The van der Waals surface area contributed by atoms with Gasteiger partial charge in [-0.3, -0.25) is 19.6 Å². The maximum Gasteiger partial charge on any atom is 0.310 e. The van der Waals surface area contributed by atoms with Gasteiger partial charge in [-0.15, -0.1) is 0 Å². The summed E-state index contributed by atoms with van der Waals surface area (Å²) in [4.78, 5) is 21.7. The van der Waals surface area contributed by atoms with Gasteiger partial charge < -0.3 is 10.4 Å². The zero-order valence-corrected chi connectivity index (χ0v) is 10.9. The zero-order valence-electron chi connectivity index (χ0n) is 10.9. The van der Waals surface area contributed by atoms with Crippen LogP contribution in [-0.2, 0) is 6.54 Å². The van der Waals surface area contributed by atoms with E-state index in [1.54, 1.807) is 0 Å². The van der Waals surface area contributed by atoms with Gasteiger partial charge in [0.15, 0.2) is 5.75 Å². The molecule has 1 heterocycles. The molecule has 0 bridgehead atoms. The lowest BCUT2D eigenvalue weighted by Gasteiger charge is -2.03. The molecule has 116 valence electrons. The lowest BCUT2D eigenvalue weighted by atomic mass is 10.2. The highest BCUT2D eigenvalue weighted by Gasteiger charge is 2.16. The molecule has 0 aliphatic rings. The van der Waals surface area contributed by atoms with E-state index >= 15 is 0 Å². The summed E-state index contributed by atoms with van der Waals surface area (Å²) >= 11 is 0. The van der Waals surface area contributed by atoms with Gasteiger partial charge in [-0.2, -0.15) is 5.10 Å². The van der Waals surface area contributed by atoms with Crippen LogP contribution in [-0.4, -0.2) is 32.1 Å². The van der Waals surface area contributed by atoms with E-state index in [4.69, 9.17) is 0 Å². The van der Waals surface area contributed by atoms with Gasteiger partial charge in [0.2, 0.25) is 0 Å². The van der Waals surface area contributed by atoms with Crippen molar-refractivity contribution in [3.63, 3.8) is 0 Å². The molecular formula is C12H10F2N4O4. The second kappa shape index (κ2) is 6.16. The van der Waals surface area contributed by atoms with E-state index in [9.17, 15) is 28.8 Å². The normalized spacial score (nSPS) is 10.7. The third-order valence-electron chi connectivity index (χ3n) is 2.65. The van der Waals surface area contributed by atoms with Gasteiger partial charge in [-0.1, -0.05) is 0 Å². The molecule has 0 unspecified atom stereocenters. The molecule has 1 aromatic carbocycles. The van der Waals surface area contributed by atoms with Crippen LogP contribution >= 0.6 is 0 Å². The summed E-state index contributed by atoms with van der Waals surface area (Å²) in [5.74, 6) is -1.31. The van der Waals surface area contributed by atoms with Gasteiger partial charge in [-0.05, 0) is 12.1 Å². The Labute approximate surface area is 122 Å². The maximum absolute atomic E-state index is 12.2. The number of carbonyl (C=O) groups is 1. The van der Waals surface area contributed by atoms with Crippen LogP contribution in [0.25, 0.3) is 0 Å². The number of nitrogens with zero attached hydrogens (tertiary/aromatic N) is 3. The van der Waals surface area contributed by atoms with Crippen LogP contribution < -0.4 is 5.32 Å². The Balaban J connectivity index is 2.10. The number of anilines is 1. The Morgan fingerprint density at radius 3 is 2.82 bits per heavy atom. The standard InChI is InChI=1S/C12H10F2N4O4/c13-11(14)6-17-5-8(4-15-17)16-12(20)7-1-2-9(18(21)22)10(19)3-7/h1-5,11,19H,6H2,(H,16,20). The quantitative estimate of drug-likeness (QED) is 0.648. The van der Waals surface area contributed by atoms with E-state index in [0.717, 1.165) is 22.9 Å². The highest BCUT2D eigenvalue weighted by atomic mass is 19.3. The molecule has 0 saturated heterocycles. The predicted octanol–water partition coefficient (Wildman–Crippen LogP) is 2.01. The van der Waals surface area contributed by atoms with Gasteiger partial charge in [-0.25, -0.2) is 8.78 Å². The first-order valence-corrected chi connectivity index (χ1v) is 5.96. The third kappa shape index (κ3) is 3.53. The molecule has 2 rings (SSSR count). The van der Waals surface area contributed by atoms with Crippen LogP contribution in [0.1, 0.15) is 10.4 Å². The van der Waals surface area contributed by atoms with E-state index in [1.165, 1.54) is 12.4 Å². The summed E-state index contributed by atoms with van der Waals surface area (Å²) in [6, 6.07) is 3.10. The predicted molar refractivity (Wildman–Crippen MR) is 70.9 cm³/mol. The number of halogens is 2. The average molecular weight is 312 g/mol. The molecule has 0 aliphatic heterocycles. The molecule has 1 amide bonds. The third-order valence-corrected chi connectivity index (χ3v) is 2.65. The van der Waals surface area contributed by atoms with Gasteiger partial charge in [0.05, 0.1) is 16.8 Å². The van der Waals surface area contributed by atoms with Gasteiger partial charge in [0.25, 0.3) is 12.3 Å². The van der Waals surface area contributed by atoms with Gasteiger partial charge in [0, 0.05) is 17.8 Å². The Kier molecular flexibility index (Phi) is 4.30. The van der Waals surface area contributed by atoms with E-state index in [1.807, 2.05) is 0 Å². The van der Waals surface area contributed by atoms with Crippen molar-refractivity contribution < 1.29 is 23.6 Å². The number of hydrogen-bond acceptors (Lipinski definition) is 5. The molecule has 0 atom stereocenters. The van der Waals surface area contributed by atoms with Crippen molar-refractivity contribution in [1.29, 1.82) is 0 Å². The number of nitro groups is 1. The number of alkyl halides is 2. The minimum atomic E-state index is -2.57. The summed E-state index contributed by atoms with van der Waals surface area (Å²) in [7, 11) is 0. The first kappa shape index (κ1) is 15.4. The molecule has 1 aromatic heterocycles. The van der Waals surface area contributed by atoms with Gasteiger partial charge >= 0.3 is 5.69 Å². The van der Waals surface area contributed by atoms with Crippen LogP contribution in [0.4, 0.5) is 20.2 Å². The van der Waals surface area contributed by atoms with E-state index < -0.39 is 35.2 Å². The number of nitrogens with one attached hydrogen (secondary N) is 1. The van der Waals surface area contributed by atoms with Crippen LogP contribution in [0, 0.1) is 10.1 Å². The Hall–Kier alpha value is -3.04. The number of phenolic OH excluding ortho intramolecular Hbond substituents is 1. The number of benzene rings is 1. The van der Waals surface area contributed by atoms with E-state index in [-0.39, 0.29) is 11.3 Å². The smallest absolute Gasteiger partial charge is 0.310 e. The van der Waals surface area contributed by atoms with Crippen molar-refractivity contribution in [1.82, 2.24) is 9.78 Å². The lowest BCUT2D eigenvalue weighted by Crippen LogP contribution is -2.11. The fourth-order valence-electron chi connectivity index (χ4n) is 1.69. The molecule has 0 radical (unpaired) electrons. The van der Waals surface area contributed by atoms with Crippen LogP contribution in [0.5, 0.6) is 5.75 Å². The summed E-state index contributed by atoms with van der Waals surface area (Å²) in [5, 5.41) is 26.0. The molecule has 22 heavy (non-hydrogen) atoms. The summed E-state index contributed by atoms with van der Waals surface area (Å²) < 4.78 is 25.3. The van der Waals surface area contributed by atoms with Crippen LogP contribution in [0.2, 0.25) is 0 Å². The average Bonchev–Trinajstić information content (AvgIpc) is 2.84. The highest BCUT2D eigenvalue weighted by molar-refractivity contribution is 6.04. The topological polar surface area (TPSA) is 110 Å².